The monoisotopic (exact) mass is 244 g/mol. The van der Waals surface area contributed by atoms with Crippen LogP contribution in [0.2, 0.25) is 0 Å². The van der Waals surface area contributed by atoms with E-state index in [2.05, 4.69) is 25.9 Å². The zero-order chi connectivity index (χ0) is 11.7. The van der Waals surface area contributed by atoms with Gasteiger partial charge in [-0.05, 0) is 12.1 Å². The average molecular weight is 244 g/mol. The third-order valence-electron chi connectivity index (χ3n) is 2.69. The van der Waals surface area contributed by atoms with Crippen molar-refractivity contribution < 1.29 is 0 Å². The second kappa shape index (κ2) is 4.18. The molecule has 0 fully saturated rings. The molecule has 0 aliphatic carbocycles. The van der Waals surface area contributed by atoms with Gasteiger partial charge in [-0.3, -0.25) is 4.98 Å². The van der Waals surface area contributed by atoms with Crippen LogP contribution < -0.4 is 5.32 Å². The van der Waals surface area contributed by atoms with Crippen LogP contribution in [0.25, 0.3) is 11.0 Å². The Morgan fingerprint density at radius 2 is 2.24 bits per heavy atom. The minimum atomic E-state index is 0.766. The lowest BCUT2D eigenvalue weighted by molar-refractivity contribution is 0.930. The normalized spacial score (nSPS) is 10.9. The van der Waals surface area contributed by atoms with E-state index in [1.807, 2.05) is 37.0 Å². The van der Waals surface area contributed by atoms with Crippen LogP contribution in [0, 0.1) is 0 Å². The molecule has 0 saturated heterocycles. The molecular weight excluding hydrogens is 232 g/mol. The summed E-state index contributed by atoms with van der Waals surface area (Å²) in [6, 6.07) is 8.12. The van der Waals surface area contributed by atoms with Crippen LogP contribution in [0.3, 0.4) is 0 Å². The van der Waals surface area contributed by atoms with Crippen LogP contribution >= 0.6 is 11.3 Å². The fraction of sp³-hybridized carbons (Fsp3) is 0.167. The summed E-state index contributed by atoms with van der Waals surface area (Å²) in [5.41, 5.74) is 3.99. The molecule has 0 amide bonds. The standard InChI is InChI=1S/C12H12N4S/c1-16-11-5-3-2-4-10(11)15-12(16)14-7-9-6-13-8-17-9/h2-6,8H,7H2,1H3,(H,14,15). The number of imidazole rings is 1. The van der Waals surface area contributed by atoms with Crippen LogP contribution in [0.4, 0.5) is 5.95 Å². The Morgan fingerprint density at radius 3 is 3.00 bits per heavy atom. The topological polar surface area (TPSA) is 42.7 Å². The Morgan fingerprint density at radius 1 is 1.35 bits per heavy atom. The van der Waals surface area contributed by atoms with Crippen molar-refractivity contribution in [2.45, 2.75) is 6.54 Å². The first-order valence-corrected chi connectivity index (χ1v) is 6.25. The van der Waals surface area contributed by atoms with Crippen molar-refractivity contribution in [3.63, 3.8) is 0 Å². The van der Waals surface area contributed by atoms with E-state index in [9.17, 15) is 0 Å². The number of para-hydroxylation sites is 2. The van der Waals surface area contributed by atoms with Gasteiger partial charge in [0.2, 0.25) is 5.95 Å². The summed E-state index contributed by atoms with van der Waals surface area (Å²) in [7, 11) is 2.02. The maximum atomic E-state index is 4.55. The van der Waals surface area contributed by atoms with E-state index in [1.165, 1.54) is 4.88 Å². The highest BCUT2D eigenvalue weighted by Gasteiger charge is 2.06. The lowest BCUT2D eigenvalue weighted by Crippen LogP contribution is -2.03. The number of aryl methyl sites for hydroxylation is 1. The molecule has 0 aliphatic rings. The first-order chi connectivity index (χ1) is 8.34. The van der Waals surface area contributed by atoms with Gasteiger partial charge in [-0.25, -0.2) is 4.98 Å². The minimum absolute atomic E-state index is 0.766. The zero-order valence-corrected chi connectivity index (χ0v) is 10.2. The molecule has 0 bridgehead atoms. The first kappa shape index (κ1) is 10.3. The molecule has 0 radical (unpaired) electrons. The summed E-state index contributed by atoms with van der Waals surface area (Å²) in [6.45, 7) is 0.766. The molecule has 4 nitrogen and oxygen atoms in total. The predicted molar refractivity (Wildman–Crippen MR) is 70.2 cm³/mol. The maximum Gasteiger partial charge on any atom is 0.203 e. The lowest BCUT2D eigenvalue weighted by atomic mass is 10.3. The van der Waals surface area contributed by atoms with Gasteiger partial charge < -0.3 is 9.88 Å². The number of rotatable bonds is 3. The zero-order valence-electron chi connectivity index (χ0n) is 9.42. The van der Waals surface area contributed by atoms with Crippen LogP contribution in [-0.4, -0.2) is 14.5 Å². The molecule has 1 N–H and O–H groups in total. The number of hydrogen-bond acceptors (Lipinski definition) is 4. The molecule has 17 heavy (non-hydrogen) atoms. The molecule has 2 aromatic heterocycles. The highest BCUT2D eigenvalue weighted by atomic mass is 32.1. The van der Waals surface area contributed by atoms with E-state index in [-0.39, 0.29) is 0 Å². The Bertz CT molecular complexity index is 627. The molecular formula is C12H12N4S. The Labute approximate surface area is 103 Å². The fourth-order valence-electron chi connectivity index (χ4n) is 1.80. The number of anilines is 1. The number of nitrogens with zero attached hydrogens (tertiary/aromatic N) is 3. The summed E-state index contributed by atoms with van der Waals surface area (Å²) < 4.78 is 2.07. The van der Waals surface area contributed by atoms with Crippen molar-refractivity contribution >= 4 is 28.3 Å². The number of fused-ring (bicyclic) bond motifs is 1. The minimum Gasteiger partial charge on any atom is -0.351 e. The smallest absolute Gasteiger partial charge is 0.203 e. The van der Waals surface area contributed by atoms with Crippen molar-refractivity contribution in [3.8, 4) is 0 Å². The first-order valence-electron chi connectivity index (χ1n) is 5.37. The Hall–Kier alpha value is -1.88. The third kappa shape index (κ3) is 1.89. The van der Waals surface area contributed by atoms with E-state index in [0.29, 0.717) is 0 Å². The molecule has 86 valence electrons. The number of aromatic nitrogens is 3. The summed E-state index contributed by atoms with van der Waals surface area (Å²) >= 11 is 1.64. The SMILES string of the molecule is Cn1c(NCc2cncs2)nc2ccccc21. The predicted octanol–water partition coefficient (Wildman–Crippen LogP) is 2.64. The van der Waals surface area contributed by atoms with Crippen molar-refractivity contribution in [1.82, 2.24) is 14.5 Å². The van der Waals surface area contributed by atoms with Gasteiger partial charge in [0.1, 0.15) is 0 Å². The van der Waals surface area contributed by atoms with Gasteiger partial charge in [-0.15, -0.1) is 11.3 Å². The third-order valence-corrected chi connectivity index (χ3v) is 3.47. The lowest BCUT2D eigenvalue weighted by Gasteiger charge is -2.03. The van der Waals surface area contributed by atoms with Crippen molar-refractivity contribution in [2.75, 3.05) is 5.32 Å². The summed E-state index contributed by atoms with van der Waals surface area (Å²) in [5.74, 6) is 0.889. The molecule has 0 aliphatic heterocycles. The summed E-state index contributed by atoms with van der Waals surface area (Å²) in [4.78, 5) is 9.80. The van der Waals surface area contributed by atoms with E-state index in [1.54, 1.807) is 11.3 Å². The quantitative estimate of drug-likeness (QED) is 0.770. The number of hydrogen-bond donors (Lipinski definition) is 1. The molecule has 0 atom stereocenters. The second-order valence-corrected chi connectivity index (χ2v) is 4.78. The molecule has 1 aromatic carbocycles. The largest absolute Gasteiger partial charge is 0.351 e. The summed E-state index contributed by atoms with van der Waals surface area (Å²) in [5, 5.41) is 3.33. The van der Waals surface area contributed by atoms with Crippen LogP contribution in [-0.2, 0) is 13.6 Å². The second-order valence-electron chi connectivity index (χ2n) is 3.80. The molecule has 5 heteroatoms. The van der Waals surface area contributed by atoms with Gasteiger partial charge in [0.25, 0.3) is 0 Å². The van der Waals surface area contributed by atoms with E-state index >= 15 is 0 Å². The molecule has 3 rings (SSSR count). The van der Waals surface area contributed by atoms with Crippen molar-refractivity contribution in [2.24, 2.45) is 7.05 Å². The van der Waals surface area contributed by atoms with Gasteiger partial charge in [0.15, 0.2) is 0 Å². The van der Waals surface area contributed by atoms with E-state index < -0.39 is 0 Å². The van der Waals surface area contributed by atoms with Gasteiger partial charge in [-0.2, -0.15) is 0 Å². The van der Waals surface area contributed by atoms with Gasteiger partial charge in [-0.1, -0.05) is 12.1 Å². The molecule has 2 heterocycles. The van der Waals surface area contributed by atoms with E-state index in [4.69, 9.17) is 0 Å². The molecule has 0 spiro atoms. The Balaban J connectivity index is 1.88. The number of thiazole rings is 1. The van der Waals surface area contributed by atoms with Gasteiger partial charge in [0, 0.05) is 18.1 Å². The van der Waals surface area contributed by atoms with E-state index in [0.717, 1.165) is 23.5 Å². The van der Waals surface area contributed by atoms with Crippen LogP contribution in [0.5, 0.6) is 0 Å². The van der Waals surface area contributed by atoms with Crippen molar-refractivity contribution in [3.05, 3.63) is 40.8 Å². The average Bonchev–Trinajstić information content (AvgIpc) is 2.96. The van der Waals surface area contributed by atoms with Crippen LogP contribution in [0.1, 0.15) is 4.88 Å². The van der Waals surface area contributed by atoms with Gasteiger partial charge in [0.05, 0.1) is 23.1 Å². The van der Waals surface area contributed by atoms with Crippen LogP contribution in [0.15, 0.2) is 36.0 Å². The highest BCUT2D eigenvalue weighted by molar-refractivity contribution is 7.09. The fourth-order valence-corrected chi connectivity index (χ4v) is 2.33. The van der Waals surface area contributed by atoms with Crippen molar-refractivity contribution in [1.29, 1.82) is 0 Å². The molecule has 0 saturated carbocycles. The van der Waals surface area contributed by atoms with Gasteiger partial charge >= 0.3 is 0 Å². The number of nitrogens with one attached hydrogen (secondary N) is 1. The number of benzene rings is 1. The molecule has 3 aromatic rings. The molecule has 0 unspecified atom stereocenters. The maximum absolute atomic E-state index is 4.55. The highest BCUT2D eigenvalue weighted by Crippen LogP contribution is 2.18. The Kier molecular flexibility index (Phi) is 2.53. The summed E-state index contributed by atoms with van der Waals surface area (Å²) in [6.07, 6.45) is 1.88.